The second kappa shape index (κ2) is 11.6. The Labute approximate surface area is 269 Å². The van der Waals surface area contributed by atoms with E-state index in [0.717, 1.165) is 38.8 Å². The maximum Gasteiger partial charge on any atom is 0.308 e. The molecule has 0 radical (unpaired) electrons. The largest absolute Gasteiger partial charge is 0.496 e. The highest BCUT2D eigenvalue weighted by atomic mass is 32.2. The van der Waals surface area contributed by atoms with Gasteiger partial charge in [0.2, 0.25) is 17.7 Å². The summed E-state index contributed by atoms with van der Waals surface area (Å²) in [5.74, 6) is -2.55. The number of hydrogen-bond acceptors (Lipinski definition) is 9. The molecule has 2 aliphatic rings. The van der Waals surface area contributed by atoms with E-state index in [4.69, 9.17) is 4.74 Å². The van der Waals surface area contributed by atoms with Gasteiger partial charge in [-0.3, -0.25) is 33.9 Å². The van der Waals surface area contributed by atoms with Gasteiger partial charge in [0, 0.05) is 39.6 Å². The maximum absolute atomic E-state index is 14.1. The van der Waals surface area contributed by atoms with Gasteiger partial charge in [-0.15, -0.1) is 0 Å². The average molecular weight is 653 g/mol. The Morgan fingerprint density at radius 1 is 0.935 bits per heavy atom. The van der Waals surface area contributed by atoms with Gasteiger partial charge in [0.1, 0.15) is 17.5 Å². The maximum atomic E-state index is 14.1. The number of methoxy groups -OCH3 is 1. The molecule has 2 aliphatic heterocycles. The molecule has 1 aromatic heterocycles. The third-order valence-electron chi connectivity index (χ3n) is 8.21. The molecule has 0 bridgehead atoms. The van der Waals surface area contributed by atoms with E-state index in [0.29, 0.717) is 26.9 Å². The Morgan fingerprint density at radius 2 is 1.65 bits per heavy atom. The van der Waals surface area contributed by atoms with Crippen molar-refractivity contribution in [2.24, 2.45) is 5.92 Å². The first-order valence-electron chi connectivity index (χ1n) is 14.2. The van der Waals surface area contributed by atoms with E-state index < -0.39 is 44.6 Å². The molecule has 13 heteroatoms. The highest BCUT2D eigenvalue weighted by Crippen LogP contribution is 2.55. The first-order chi connectivity index (χ1) is 22.3. The summed E-state index contributed by atoms with van der Waals surface area (Å²) >= 11 is 2.03. The van der Waals surface area contributed by atoms with Crippen LogP contribution >= 0.6 is 23.1 Å². The van der Waals surface area contributed by atoms with E-state index in [9.17, 15) is 29.3 Å². The number of carbonyl (C=O) groups excluding carboxylic acids is 3. The molecule has 0 saturated carbocycles. The molecule has 1 N–H and O–H groups in total. The number of anilines is 2. The minimum Gasteiger partial charge on any atom is -0.496 e. The van der Waals surface area contributed by atoms with Crippen LogP contribution in [0.4, 0.5) is 17.1 Å². The highest BCUT2D eigenvalue weighted by Gasteiger charge is 2.57. The van der Waals surface area contributed by atoms with E-state index in [1.54, 1.807) is 30.3 Å². The van der Waals surface area contributed by atoms with E-state index in [-0.39, 0.29) is 17.9 Å². The summed E-state index contributed by atoms with van der Waals surface area (Å²) in [6, 6.07) is 25.5. The second-order valence-corrected chi connectivity index (χ2v) is 12.9. The lowest BCUT2D eigenvalue weighted by Gasteiger charge is -2.31. The van der Waals surface area contributed by atoms with Crippen LogP contribution in [0, 0.1) is 16.0 Å². The fourth-order valence-electron chi connectivity index (χ4n) is 6.16. The number of thioether (sulfide) groups is 1. The number of hydrogen-bond donors (Lipinski definition) is 1. The number of carbonyl (C=O) groups is 3. The molecule has 4 aromatic carbocycles. The summed E-state index contributed by atoms with van der Waals surface area (Å²) in [5.41, 5.74) is 1.27. The summed E-state index contributed by atoms with van der Waals surface area (Å²) in [6.45, 7) is -0.300. The van der Waals surface area contributed by atoms with Crippen molar-refractivity contribution in [2.75, 3.05) is 17.3 Å². The molecule has 7 rings (SSSR count). The lowest BCUT2D eigenvalue weighted by atomic mass is 9.82. The molecular weight excluding hydrogens is 629 g/mol. The van der Waals surface area contributed by atoms with Gasteiger partial charge in [-0.05, 0) is 29.7 Å². The number of amides is 3. The van der Waals surface area contributed by atoms with Gasteiger partial charge in [-0.2, -0.15) is 0 Å². The third-order valence-corrected chi connectivity index (χ3v) is 10.8. The Kier molecular flexibility index (Phi) is 7.41. The number of para-hydroxylation sites is 1. The number of fused-ring (bicyclic) bond motifs is 3. The third kappa shape index (κ3) is 4.84. The monoisotopic (exact) mass is 652 g/mol. The van der Waals surface area contributed by atoms with Gasteiger partial charge in [0.15, 0.2) is 0 Å². The topological polar surface area (TPSA) is 141 Å². The molecule has 11 nitrogen and oxygen atoms in total. The number of thiazole rings is 1. The fourth-order valence-corrected chi connectivity index (χ4v) is 8.92. The first kappa shape index (κ1) is 29.4. The number of aromatic nitrogens is 1. The summed E-state index contributed by atoms with van der Waals surface area (Å²) in [5, 5.41) is 15.4. The van der Waals surface area contributed by atoms with Crippen molar-refractivity contribution >= 4 is 68.7 Å². The van der Waals surface area contributed by atoms with Gasteiger partial charge in [0.05, 0.1) is 28.7 Å². The van der Waals surface area contributed by atoms with Crippen LogP contribution in [0.1, 0.15) is 16.4 Å². The summed E-state index contributed by atoms with van der Waals surface area (Å²) in [7, 11) is 1.50. The molecule has 1 saturated heterocycles. The van der Waals surface area contributed by atoms with E-state index in [1.165, 1.54) is 35.9 Å². The molecule has 3 atom stereocenters. The quantitative estimate of drug-likeness (QED) is 0.140. The first-order valence-corrected chi connectivity index (χ1v) is 15.9. The number of rotatable bonds is 7. The predicted octanol–water partition coefficient (Wildman–Crippen LogP) is 5.41. The molecule has 3 amide bonds. The van der Waals surface area contributed by atoms with Gasteiger partial charge in [-0.1, -0.05) is 77.7 Å². The molecule has 46 heavy (non-hydrogen) atoms. The zero-order valence-corrected chi connectivity index (χ0v) is 25.7. The molecule has 3 unspecified atom stereocenters. The number of benzene rings is 4. The normalized spacial score (nSPS) is 18.7. The molecule has 1 fully saturated rings. The zero-order chi connectivity index (χ0) is 32.1. The van der Waals surface area contributed by atoms with Crippen molar-refractivity contribution in [2.45, 2.75) is 22.7 Å². The van der Waals surface area contributed by atoms with Crippen molar-refractivity contribution in [1.29, 1.82) is 0 Å². The van der Waals surface area contributed by atoms with Crippen LogP contribution in [0.15, 0.2) is 101 Å². The van der Waals surface area contributed by atoms with Crippen molar-refractivity contribution in [3.63, 3.8) is 0 Å². The molecule has 0 aliphatic carbocycles. The number of nitrogens with one attached hydrogen (secondary N) is 1. The lowest BCUT2D eigenvalue weighted by molar-refractivity contribution is -0.384. The van der Waals surface area contributed by atoms with Crippen molar-refractivity contribution in [3.8, 4) is 5.75 Å². The Hall–Kier alpha value is -5.27. The molecule has 5 aromatic rings. The molecule has 0 spiro atoms. The summed E-state index contributed by atoms with van der Waals surface area (Å²) < 4.78 is 7.01. The van der Waals surface area contributed by atoms with Crippen LogP contribution < -0.4 is 19.8 Å². The number of imide groups is 1. The smallest absolute Gasteiger partial charge is 0.308 e. The molecular formula is C33H24N4O7S2. The Morgan fingerprint density at radius 3 is 2.41 bits per heavy atom. The SMILES string of the molecule is COc1ccccc1C1c2sc(=O)n(CC(=O)Nc3cccc4ccccc34)c2SC2C(=O)N(c3ccc([N+](=O)[O-])cc3)C(=O)C21. The highest BCUT2D eigenvalue weighted by molar-refractivity contribution is 8.00. The van der Waals surface area contributed by atoms with Crippen LogP contribution in [-0.4, -0.2) is 39.6 Å². The minimum atomic E-state index is -0.925. The Bertz CT molecular complexity index is 2120. The standard InChI is InChI=1S/C33H24N4O7S2/c1-44-24-12-5-4-10-22(24)26-27-28(31(40)36(30(27)39)19-13-15-20(16-14-19)37(42)43)45-32-29(26)46-33(41)35(32)17-25(38)34-23-11-6-8-18-7-2-3-9-21(18)23/h2-16,26-28H,17H2,1H3,(H,34,38). The van der Waals surface area contributed by atoms with Gasteiger partial charge < -0.3 is 10.1 Å². The van der Waals surface area contributed by atoms with E-state index in [2.05, 4.69) is 5.32 Å². The van der Waals surface area contributed by atoms with E-state index >= 15 is 0 Å². The summed E-state index contributed by atoms with van der Waals surface area (Å²) in [6.07, 6.45) is 0. The van der Waals surface area contributed by atoms with E-state index in [1.807, 2.05) is 36.4 Å². The van der Waals surface area contributed by atoms with Crippen molar-refractivity contribution in [1.82, 2.24) is 4.57 Å². The number of nitro groups is 1. The summed E-state index contributed by atoms with van der Waals surface area (Å²) in [4.78, 5) is 66.9. The van der Waals surface area contributed by atoms with Crippen LogP contribution in [0.2, 0.25) is 0 Å². The molecule has 230 valence electrons. The number of non-ortho nitro benzene ring substituents is 1. The number of nitrogens with zero attached hydrogens (tertiary/aromatic N) is 3. The second-order valence-electron chi connectivity index (χ2n) is 10.8. The number of ether oxygens (including phenoxy) is 1. The van der Waals surface area contributed by atoms with Gasteiger partial charge >= 0.3 is 4.87 Å². The van der Waals surface area contributed by atoms with Crippen LogP contribution in [-0.2, 0) is 20.9 Å². The lowest BCUT2D eigenvalue weighted by Crippen LogP contribution is -2.33. The van der Waals surface area contributed by atoms with Crippen LogP contribution in [0.3, 0.4) is 0 Å². The zero-order valence-electron chi connectivity index (χ0n) is 24.1. The number of nitro benzene ring substituents is 1. The minimum absolute atomic E-state index is 0.172. The Balaban J connectivity index is 1.29. The van der Waals surface area contributed by atoms with Crippen LogP contribution in [0.25, 0.3) is 10.8 Å². The fraction of sp³-hybridized carbons (Fsp3) is 0.152. The van der Waals surface area contributed by atoms with Gasteiger partial charge in [0.25, 0.3) is 5.69 Å². The van der Waals surface area contributed by atoms with Crippen molar-refractivity contribution < 1.29 is 24.0 Å². The van der Waals surface area contributed by atoms with Crippen LogP contribution in [0.5, 0.6) is 5.75 Å². The average Bonchev–Trinajstić information content (AvgIpc) is 3.51. The van der Waals surface area contributed by atoms with Gasteiger partial charge in [-0.25, -0.2) is 4.90 Å². The van der Waals surface area contributed by atoms with Crippen molar-refractivity contribution in [3.05, 3.63) is 121 Å². The predicted molar refractivity (Wildman–Crippen MR) is 175 cm³/mol. The molecule has 3 heterocycles.